The minimum absolute atomic E-state index is 0.0946. The minimum atomic E-state index is -3.68. The van der Waals surface area contributed by atoms with Crippen molar-refractivity contribution in [3.63, 3.8) is 0 Å². The van der Waals surface area contributed by atoms with Gasteiger partial charge in [0.05, 0.1) is 4.90 Å². The van der Waals surface area contributed by atoms with Gasteiger partial charge in [-0.2, -0.15) is 4.31 Å². The first-order chi connectivity index (χ1) is 11.0. The lowest BCUT2D eigenvalue weighted by Crippen LogP contribution is -2.38. The molecule has 24 heavy (non-hydrogen) atoms. The van der Waals surface area contributed by atoms with E-state index in [2.05, 4.69) is 5.32 Å². The lowest BCUT2D eigenvalue weighted by atomic mass is 9.92. The summed E-state index contributed by atoms with van der Waals surface area (Å²) >= 11 is 0. The first-order valence-corrected chi connectivity index (χ1v) is 9.08. The number of carboxylic acid groups (broad SMARTS) is 1. The molecule has 1 aromatic carbocycles. The summed E-state index contributed by atoms with van der Waals surface area (Å²) in [6.07, 6.45) is 0. The largest absolute Gasteiger partial charge is 0.480 e. The molecule has 0 aliphatic heterocycles. The molecular weight excluding hydrogens is 332 g/mol. The van der Waals surface area contributed by atoms with Crippen molar-refractivity contribution in [2.75, 3.05) is 18.4 Å². The molecule has 134 valence electrons. The van der Waals surface area contributed by atoms with Crippen molar-refractivity contribution in [1.29, 1.82) is 0 Å². The van der Waals surface area contributed by atoms with E-state index in [1.54, 1.807) is 32.9 Å². The normalized spacial score (nSPS) is 12.2. The Balaban J connectivity index is 3.25. The number of hydrogen-bond acceptors (Lipinski definition) is 4. The highest BCUT2D eigenvalue weighted by molar-refractivity contribution is 7.89. The molecule has 7 nitrogen and oxygen atoms in total. The molecule has 0 spiro atoms. The Labute approximate surface area is 142 Å². The van der Waals surface area contributed by atoms with E-state index in [9.17, 15) is 18.0 Å². The average Bonchev–Trinajstić information content (AvgIpc) is 2.49. The van der Waals surface area contributed by atoms with E-state index in [4.69, 9.17) is 5.11 Å². The molecule has 1 rings (SSSR count). The number of amides is 1. The molecule has 1 amide bonds. The van der Waals surface area contributed by atoms with Gasteiger partial charge >= 0.3 is 5.97 Å². The van der Waals surface area contributed by atoms with Gasteiger partial charge in [0, 0.05) is 18.8 Å². The number of benzene rings is 1. The summed E-state index contributed by atoms with van der Waals surface area (Å²) in [4.78, 5) is 23.3. The van der Waals surface area contributed by atoms with E-state index >= 15 is 0 Å². The number of carbonyl (C=O) groups is 2. The molecule has 2 N–H and O–H groups in total. The van der Waals surface area contributed by atoms with Crippen LogP contribution in [-0.2, 0) is 19.6 Å². The van der Waals surface area contributed by atoms with Crippen molar-refractivity contribution in [2.45, 2.75) is 39.5 Å². The SMILES string of the molecule is CCN(CC)S(=O)(=O)c1cc(NC(=O)C(C)(C)C(=O)O)ccc1C. The first kappa shape index (κ1) is 20.1. The van der Waals surface area contributed by atoms with Crippen LogP contribution in [0.2, 0.25) is 0 Å². The number of nitrogens with zero attached hydrogens (tertiary/aromatic N) is 1. The van der Waals surface area contributed by atoms with E-state index in [0.717, 1.165) is 0 Å². The third-order valence-electron chi connectivity index (χ3n) is 3.87. The Morgan fingerprint density at radius 1 is 1.21 bits per heavy atom. The van der Waals surface area contributed by atoms with Crippen LogP contribution in [0, 0.1) is 12.3 Å². The van der Waals surface area contributed by atoms with Crippen LogP contribution >= 0.6 is 0 Å². The van der Waals surface area contributed by atoms with Crippen molar-refractivity contribution in [3.8, 4) is 0 Å². The van der Waals surface area contributed by atoms with Crippen molar-refractivity contribution in [1.82, 2.24) is 4.31 Å². The van der Waals surface area contributed by atoms with Crippen molar-refractivity contribution >= 4 is 27.6 Å². The monoisotopic (exact) mass is 356 g/mol. The smallest absolute Gasteiger partial charge is 0.318 e. The lowest BCUT2D eigenvalue weighted by molar-refractivity contribution is -0.151. The Hall–Kier alpha value is -1.93. The summed E-state index contributed by atoms with van der Waals surface area (Å²) < 4.78 is 26.7. The highest BCUT2D eigenvalue weighted by atomic mass is 32.2. The second-order valence-corrected chi connectivity index (χ2v) is 7.86. The molecule has 0 heterocycles. The number of aryl methyl sites for hydroxylation is 1. The summed E-state index contributed by atoms with van der Waals surface area (Å²) in [7, 11) is -3.68. The number of carboxylic acids is 1. The molecule has 0 aliphatic rings. The van der Waals surface area contributed by atoms with E-state index < -0.39 is 27.3 Å². The average molecular weight is 356 g/mol. The van der Waals surface area contributed by atoms with Gasteiger partial charge in [-0.3, -0.25) is 9.59 Å². The fraction of sp³-hybridized carbons (Fsp3) is 0.500. The van der Waals surface area contributed by atoms with Crippen LogP contribution < -0.4 is 5.32 Å². The number of carbonyl (C=O) groups excluding carboxylic acids is 1. The lowest BCUT2D eigenvalue weighted by Gasteiger charge is -2.21. The second-order valence-electron chi connectivity index (χ2n) is 5.95. The van der Waals surface area contributed by atoms with Crippen LogP contribution in [0.1, 0.15) is 33.3 Å². The van der Waals surface area contributed by atoms with Crippen molar-refractivity contribution in [3.05, 3.63) is 23.8 Å². The molecular formula is C16H24N2O5S. The highest BCUT2D eigenvalue weighted by Gasteiger charge is 2.36. The molecule has 0 aliphatic carbocycles. The molecule has 8 heteroatoms. The van der Waals surface area contributed by atoms with Crippen LogP contribution in [0.4, 0.5) is 5.69 Å². The standard InChI is InChI=1S/C16H24N2O5S/c1-6-18(7-2)24(22,23)13-10-12(9-8-11(13)3)17-14(19)16(4,5)15(20)21/h8-10H,6-7H2,1-5H3,(H,17,19)(H,20,21). The first-order valence-electron chi connectivity index (χ1n) is 7.64. The van der Waals surface area contributed by atoms with Crippen molar-refractivity contribution < 1.29 is 23.1 Å². The molecule has 0 saturated carbocycles. The Morgan fingerprint density at radius 2 is 1.75 bits per heavy atom. The van der Waals surface area contributed by atoms with E-state index in [1.165, 1.54) is 24.2 Å². The van der Waals surface area contributed by atoms with E-state index in [1.807, 2.05) is 0 Å². The molecule has 0 aromatic heterocycles. The van der Waals surface area contributed by atoms with Crippen LogP contribution in [0.15, 0.2) is 23.1 Å². The number of anilines is 1. The maximum Gasteiger partial charge on any atom is 0.318 e. The zero-order chi connectivity index (χ0) is 18.7. The Kier molecular flexibility index (Phi) is 6.13. The van der Waals surface area contributed by atoms with Gasteiger partial charge in [0.1, 0.15) is 5.41 Å². The summed E-state index contributed by atoms with van der Waals surface area (Å²) in [5, 5.41) is 11.6. The predicted octanol–water partition coefficient (Wildman–Crippen LogP) is 2.07. The maximum absolute atomic E-state index is 12.7. The molecule has 0 atom stereocenters. The topological polar surface area (TPSA) is 104 Å². The van der Waals surface area contributed by atoms with Gasteiger partial charge in [-0.05, 0) is 38.5 Å². The van der Waals surface area contributed by atoms with Gasteiger partial charge in [0.25, 0.3) is 0 Å². The van der Waals surface area contributed by atoms with Crippen LogP contribution in [0.3, 0.4) is 0 Å². The highest BCUT2D eigenvalue weighted by Crippen LogP contribution is 2.25. The van der Waals surface area contributed by atoms with Gasteiger partial charge in [0.2, 0.25) is 15.9 Å². The Bertz CT molecular complexity index is 737. The van der Waals surface area contributed by atoms with Crippen LogP contribution in [0.25, 0.3) is 0 Å². The summed E-state index contributed by atoms with van der Waals surface area (Å²) in [6.45, 7) is 8.40. The molecule has 1 aromatic rings. The molecule has 0 saturated heterocycles. The van der Waals surface area contributed by atoms with Gasteiger partial charge in [-0.25, -0.2) is 8.42 Å². The van der Waals surface area contributed by atoms with Gasteiger partial charge in [-0.1, -0.05) is 19.9 Å². The predicted molar refractivity (Wildman–Crippen MR) is 91.3 cm³/mol. The molecule has 0 bridgehead atoms. The summed E-state index contributed by atoms with van der Waals surface area (Å²) in [5.74, 6) is -1.98. The zero-order valence-corrected chi connectivity index (χ0v) is 15.4. The summed E-state index contributed by atoms with van der Waals surface area (Å²) in [6, 6.07) is 4.49. The molecule has 0 unspecified atom stereocenters. The van der Waals surface area contributed by atoms with Gasteiger partial charge in [-0.15, -0.1) is 0 Å². The second kappa shape index (κ2) is 7.31. The quantitative estimate of drug-likeness (QED) is 0.728. The fourth-order valence-electron chi connectivity index (χ4n) is 2.04. The minimum Gasteiger partial charge on any atom is -0.480 e. The maximum atomic E-state index is 12.7. The van der Waals surface area contributed by atoms with Crippen LogP contribution in [0.5, 0.6) is 0 Å². The number of sulfonamides is 1. The van der Waals surface area contributed by atoms with E-state index in [-0.39, 0.29) is 10.6 Å². The third-order valence-corrected chi connectivity index (χ3v) is 6.06. The number of hydrogen-bond donors (Lipinski definition) is 2. The van der Waals surface area contributed by atoms with Crippen LogP contribution in [-0.4, -0.2) is 42.8 Å². The third kappa shape index (κ3) is 3.93. The molecule has 0 fully saturated rings. The van der Waals surface area contributed by atoms with E-state index in [0.29, 0.717) is 18.7 Å². The molecule has 0 radical (unpaired) electrons. The Morgan fingerprint density at radius 3 is 2.21 bits per heavy atom. The van der Waals surface area contributed by atoms with Gasteiger partial charge < -0.3 is 10.4 Å². The fourth-order valence-corrected chi connectivity index (χ4v) is 3.75. The number of rotatable bonds is 7. The number of aliphatic carboxylic acids is 1. The van der Waals surface area contributed by atoms with Gasteiger partial charge in [0.15, 0.2) is 0 Å². The summed E-state index contributed by atoms with van der Waals surface area (Å²) in [5.41, 5.74) is -0.828. The zero-order valence-electron chi connectivity index (χ0n) is 14.6. The van der Waals surface area contributed by atoms with Crippen molar-refractivity contribution in [2.24, 2.45) is 5.41 Å². The number of nitrogens with one attached hydrogen (secondary N) is 1.